The first-order valence-electron chi connectivity index (χ1n) is 8.12. The summed E-state index contributed by atoms with van der Waals surface area (Å²) in [6.45, 7) is 10.5. The van der Waals surface area contributed by atoms with Crippen molar-refractivity contribution in [2.75, 3.05) is 19.6 Å². The molecule has 1 aromatic heterocycles. The van der Waals surface area contributed by atoms with Crippen LogP contribution in [0.5, 0.6) is 0 Å². The minimum Gasteiger partial charge on any atom is -0.330 e. The van der Waals surface area contributed by atoms with E-state index in [4.69, 9.17) is 10.7 Å². The molecule has 0 amide bonds. The van der Waals surface area contributed by atoms with E-state index in [0.717, 1.165) is 44.5 Å². The highest BCUT2D eigenvalue weighted by Gasteiger charge is 2.20. The summed E-state index contributed by atoms with van der Waals surface area (Å²) in [6.07, 6.45) is 2.17. The van der Waals surface area contributed by atoms with Crippen molar-refractivity contribution < 1.29 is 0 Å². The second-order valence-corrected chi connectivity index (χ2v) is 5.50. The monoisotopic (exact) mass is 288 g/mol. The Labute approximate surface area is 128 Å². The third-order valence-electron chi connectivity index (χ3n) is 4.25. The SMILES string of the molecule is CCN(CC)C(C)c1nc2ccccc2n1CCCCN. The van der Waals surface area contributed by atoms with Gasteiger partial charge in [-0.2, -0.15) is 0 Å². The Morgan fingerprint density at radius 2 is 1.90 bits per heavy atom. The van der Waals surface area contributed by atoms with Gasteiger partial charge in [-0.05, 0) is 51.5 Å². The molecule has 21 heavy (non-hydrogen) atoms. The number of aromatic nitrogens is 2. The second-order valence-electron chi connectivity index (χ2n) is 5.50. The quantitative estimate of drug-likeness (QED) is 0.759. The Bertz CT molecular complexity index is 557. The number of nitrogens with zero attached hydrogens (tertiary/aromatic N) is 3. The number of unbranched alkanes of at least 4 members (excludes halogenated alkanes) is 1. The van der Waals surface area contributed by atoms with Crippen LogP contribution in [-0.2, 0) is 6.54 Å². The van der Waals surface area contributed by atoms with E-state index in [1.54, 1.807) is 0 Å². The number of benzene rings is 1. The molecule has 0 fully saturated rings. The number of hydrogen-bond acceptors (Lipinski definition) is 3. The molecule has 116 valence electrons. The van der Waals surface area contributed by atoms with Gasteiger partial charge in [0.2, 0.25) is 0 Å². The molecule has 2 rings (SSSR count). The first kappa shape index (κ1) is 16.0. The Balaban J connectivity index is 2.38. The van der Waals surface area contributed by atoms with Gasteiger partial charge in [0.1, 0.15) is 5.82 Å². The summed E-state index contributed by atoms with van der Waals surface area (Å²) < 4.78 is 2.38. The largest absolute Gasteiger partial charge is 0.330 e. The van der Waals surface area contributed by atoms with Crippen molar-refractivity contribution in [3.05, 3.63) is 30.1 Å². The molecule has 0 aliphatic rings. The number of nitrogens with two attached hydrogens (primary N) is 1. The predicted molar refractivity (Wildman–Crippen MR) is 89.4 cm³/mol. The highest BCUT2D eigenvalue weighted by atomic mass is 15.2. The number of hydrogen-bond donors (Lipinski definition) is 1. The molecular weight excluding hydrogens is 260 g/mol. The molecule has 1 atom stereocenters. The molecule has 0 aliphatic heterocycles. The van der Waals surface area contributed by atoms with Crippen LogP contribution in [0.25, 0.3) is 11.0 Å². The zero-order valence-corrected chi connectivity index (χ0v) is 13.5. The standard InChI is InChI=1S/C17H28N4/c1-4-20(5-2)14(3)17-19-15-10-6-7-11-16(15)21(17)13-9-8-12-18/h6-7,10-11,14H,4-5,8-9,12-13,18H2,1-3H3. The van der Waals surface area contributed by atoms with Crippen LogP contribution in [0.1, 0.15) is 45.5 Å². The van der Waals surface area contributed by atoms with E-state index in [0.29, 0.717) is 6.04 Å². The molecular formula is C17H28N4. The minimum absolute atomic E-state index is 0.338. The summed E-state index contributed by atoms with van der Waals surface area (Å²) in [7, 11) is 0. The van der Waals surface area contributed by atoms with Crippen molar-refractivity contribution >= 4 is 11.0 Å². The van der Waals surface area contributed by atoms with Gasteiger partial charge in [-0.25, -0.2) is 4.98 Å². The van der Waals surface area contributed by atoms with Crippen molar-refractivity contribution in [2.45, 2.75) is 46.2 Å². The van der Waals surface area contributed by atoms with Crippen molar-refractivity contribution in [1.82, 2.24) is 14.5 Å². The summed E-state index contributed by atoms with van der Waals surface area (Å²) in [6, 6.07) is 8.77. The van der Waals surface area contributed by atoms with Gasteiger partial charge in [0.25, 0.3) is 0 Å². The van der Waals surface area contributed by atoms with Crippen LogP contribution in [0, 0.1) is 0 Å². The molecule has 1 aromatic carbocycles. The van der Waals surface area contributed by atoms with Crippen LogP contribution in [0.3, 0.4) is 0 Å². The van der Waals surface area contributed by atoms with Crippen LogP contribution >= 0.6 is 0 Å². The number of rotatable bonds is 8. The lowest BCUT2D eigenvalue weighted by Gasteiger charge is -2.26. The molecule has 0 spiro atoms. The van der Waals surface area contributed by atoms with E-state index in [1.165, 1.54) is 11.3 Å². The van der Waals surface area contributed by atoms with Gasteiger partial charge in [-0.1, -0.05) is 26.0 Å². The number of fused-ring (bicyclic) bond motifs is 1. The van der Waals surface area contributed by atoms with Crippen molar-refractivity contribution in [3.8, 4) is 0 Å². The zero-order chi connectivity index (χ0) is 15.2. The van der Waals surface area contributed by atoms with Crippen LogP contribution < -0.4 is 5.73 Å². The second kappa shape index (κ2) is 7.57. The Morgan fingerprint density at radius 1 is 1.19 bits per heavy atom. The number of imidazole rings is 1. The molecule has 0 saturated heterocycles. The summed E-state index contributed by atoms with van der Waals surface area (Å²) in [4.78, 5) is 7.34. The lowest BCUT2D eigenvalue weighted by atomic mass is 10.2. The fraction of sp³-hybridized carbons (Fsp3) is 0.588. The highest BCUT2D eigenvalue weighted by molar-refractivity contribution is 5.76. The molecule has 0 saturated carbocycles. The number of para-hydroxylation sites is 2. The normalized spacial score (nSPS) is 13.2. The maximum absolute atomic E-state index is 5.64. The van der Waals surface area contributed by atoms with E-state index >= 15 is 0 Å². The Morgan fingerprint density at radius 3 is 2.57 bits per heavy atom. The lowest BCUT2D eigenvalue weighted by Crippen LogP contribution is -2.28. The third kappa shape index (κ3) is 3.44. The molecule has 1 heterocycles. The van der Waals surface area contributed by atoms with Crippen molar-refractivity contribution in [1.29, 1.82) is 0 Å². The van der Waals surface area contributed by atoms with E-state index in [9.17, 15) is 0 Å². The third-order valence-corrected chi connectivity index (χ3v) is 4.25. The average Bonchev–Trinajstić information content (AvgIpc) is 2.87. The summed E-state index contributed by atoms with van der Waals surface area (Å²) >= 11 is 0. The van der Waals surface area contributed by atoms with Gasteiger partial charge in [-0.3, -0.25) is 4.90 Å². The van der Waals surface area contributed by atoms with Gasteiger partial charge >= 0.3 is 0 Å². The predicted octanol–water partition coefficient (Wildman–Crippen LogP) is 3.18. The summed E-state index contributed by atoms with van der Waals surface area (Å²) in [5.41, 5.74) is 7.97. The topological polar surface area (TPSA) is 47.1 Å². The van der Waals surface area contributed by atoms with Gasteiger partial charge in [0, 0.05) is 6.54 Å². The molecule has 0 bridgehead atoms. The molecule has 0 radical (unpaired) electrons. The van der Waals surface area contributed by atoms with Crippen LogP contribution in [0.15, 0.2) is 24.3 Å². The van der Waals surface area contributed by atoms with Gasteiger partial charge in [-0.15, -0.1) is 0 Å². The Kier molecular flexibility index (Phi) is 5.76. The fourth-order valence-electron chi connectivity index (χ4n) is 3.00. The summed E-state index contributed by atoms with van der Waals surface area (Å²) in [5, 5.41) is 0. The maximum Gasteiger partial charge on any atom is 0.127 e. The summed E-state index contributed by atoms with van der Waals surface area (Å²) in [5.74, 6) is 1.18. The van der Waals surface area contributed by atoms with E-state index in [-0.39, 0.29) is 0 Å². The first-order chi connectivity index (χ1) is 10.2. The van der Waals surface area contributed by atoms with Crippen LogP contribution in [0.2, 0.25) is 0 Å². The maximum atomic E-state index is 5.64. The van der Waals surface area contributed by atoms with Crippen LogP contribution in [0.4, 0.5) is 0 Å². The molecule has 2 aromatic rings. The zero-order valence-electron chi connectivity index (χ0n) is 13.5. The van der Waals surface area contributed by atoms with E-state index in [1.807, 2.05) is 0 Å². The van der Waals surface area contributed by atoms with E-state index < -0.39 is 0 Å². The first-order valence-corrected chi connectivity index (χ1v) is 8.12. The van der Waals surface area contributed by atoms with Crippen LogP contribution in [-0.4, -0.2) is 34.1 Å². The molecule has 1 unspecified atom stereocenters. The lowest BCUT2D eigenvalue weighted by molar-refractivity contribution is 0.221. The smallest absolute Gasteiger partial charge is 0.127 e. The fourth-order valence-corrected chi connectivity index (χ4v) is 3.00. The molecule has 4 heteroatoms. The van der Waals surface area contributed by atoms with Gasteiger partial charge in [0.05, 0.1) is 17.1 Å². The van der Waals surface area contributed by atoms with Gasteiger partial charge < -0.3 is 10.3 Å². The molecule has 0 aliphatic carbocycles. The minimum atomic E-state index is 0.338. The van der Waals surface area contributed by atoms with Crippen molar-refractivity contribution in [2.24, 2.45) is 5.73 Å². The van der Waals surface area contributed by atoms with Gasteiger partial charge in [0.15, 0.2) is 0 Å². The molecule has 4 nitrogen and oxygen atoms in total. The van der Waals surface area contributed by atoms with Crippen molar-refractivity contribution in [3.63, 3.8) is 0 Å². The number of aryl methyl sites for hydroxylation is 1. The average molecular weight is 288 g/mol. The van der Waals surface area contributed by atoms with E-state index in [2.05, 4.69) is 54.5 Å². The Hall–Kier alpha value is -1.39. The highest BCUT2D eigenvalue weighted by Crippen LogP contribution is 2.25. The molecule has 2 N–H and O–H groups in total.